The normalized spacial score (nSPS) is 18.4. The van der Waals surface area contributed by atoms with Gasteiger partial charge in [-0.25, -0.2) is 0 Å². The predicted octanol–water partition coefficient (Wildman–Crippen LogP) is 0.267. The van der Waals surface area contributed by atoms with E-state index in [1.165, 1.54) is 0 Å². The molecule has 64 valence electrons. The Kier molecular flexibility index (Phi) is 6.46. The summed E-state index contributed by atoms with van der Waals surface area (Å²) in [4.78, 5) is 0. The Labute approximate surface area is 113 Å². The van der Waals surface area contributed by atoms with Gasteiger partial charge in [0.1, 0.15) is 0 Å². The molecule has 0 amide bonds. The Balaban J connectivity index is 0.00000121. The molecule has 0 heterocycles. The van der Waals surface area contributed by atoms with Crippen molar-refractivity contribution in [2.24, 2.45) is 0 Å². The Morgan fingerprint density at radius 3 is 1.92 bits per heavy atom. The topological polar surface area (TPSA) is 0 Å². The van der Waals surface area contributed by atoms with E-state index in [1.807, 2.05) is 0 Å². The third-order valence-corrected chi connectivity index (χ3v) is 1.92. The van der Waals surface area contributed by atoms with Gasteiger partial charge in [-0.1, -0.05) is 6.42 Å². The summed E-state index contributed by atoms with van der Waals surface area (Å²) in [5.41, 5.74) is 0.601. The van der Waals surface area contributed by atoms with Crippen LogP contribution in [-0.2, 0) is 0 Å². The van der Waals surface area contributed by atoms with Crippen molar-refractivity contribution in [2.75, 3.05) is 0 Å². The first-order chi connectivity index (χ1) is 5.08. The van der Waals surface area contributed by atoms with Crippen LogP contribution < -0.4 is 51.4 Å². The van der Waals surface area contributed by atoms with Crippen molar-refractivity contribution in [3.63, 3.8) is 0 Å². The van der Waals surface area contributed by atoms with Gasteiger partial charge in [0, 0.05) is 0 Å². The van der Waals surface area contributed by atoms with Crippen LogP contribution in [0.1, 0.15) is 32.1 Å². The zero-order valence-electron chi connectivity index (χ0n) is 7.32. The van der Waals surface area contributed by atoms with Crippen molar-refractivity contribution in [2.45, 2.75) is 32.1 Å². The molecule has 0 aromatic heterocycles. The molecule has 0 bridgehead atoms. The average molecular weight is 202 g/mol. The Bertz CT molecular complexity index is 157. The molecule has 0 atom stereocenters. The first-order valence-corrected chi connectivity index (χ1v) is 3.98. The zero-order valence-corrected chi connectivity index (χ0v) is 10.4. The van der Waals surface area contributed by atoms with Crippen LogP contribution in [0.2, 0.25) is 0 Å². The van der Waals surface area contributed by atoms with E-state index in [-0.39, 0.29) is 51.4 Å². The summed E-state index contributed by atoms with van der Waals surface area (Å²) in [6.07, 6.45) is 4.25. The van der Waals surface area contributed by atoms with Gasteiger partial charge in [-0.3, -0.25) is 0 Å². The molecule has 1 aliphatic rings. The van der Waals surface area contributed by atoms with Crippen molar-refractivity contribution >= 4 is 6.98 Å². The Morgan fingerprint density at radius 2 is 1.50 bits per heavy atom. The average Bonchev–Trinajstić information content (AvgIpc) is 1.85. The van der Waals surface area contributed by atoms with Gasteiger partial charge in [0.25, 0.3) is 0 Å². The van der Waals surface area contributed by atoms with Crippen molar-refractivity contribution in [3.05, 3.63) is 11.5 Å². The van der Waals surface area contributed by atoms with Crippen LogP contribution in [-0.4, -0.2) is 6.98 Å². The minimum Gasteiger partial charge on any atom is -0.445 e. The maximum absolute atomic E-state index is 11.8. The van der Waals surface area contributed by atoms with Gasteiger partial charge in [-0.05, 0) is 25.7 Å². The van der Waals surface area contributed by atoms with Gasteiger partial charge < -0.3 is 12.9 Å². The molecule has 0 N–H and O–H groups in total. The zero-order chi connectivity index (χ0) is 8.32. The van der Waals surface area contributed by atoms with E-state index in [1.54, 1.807) is 0 Å². The first-order valence-electron chi connectivity index (χ1n) is 3.98. The van der Waals surface area contributed by atoms with E-state index in [0.717, 1.165) is 19.3 Å². The molecule has 1 rings (SSSR count). The summed E-state index contributed by atoms with van der Waals surface area (Å²) in [5.74, 6) is 0.527. The second-order valence-electron chi connectivity index (χ2n) is 3.01. The summed E-state index contributed by atoms with van der Waals surface area (Å²) in [7, 11) is 0. The molecule has 12 heavy (non-hydrogen) atoms. The van der Waals surface area contributed by atoms with Crippen LogP contribution >= 0.6 is 0 Å². The SMILES string of the molecule is F[B-](F)(F)C=C1CCCCC1.[K+]. The summed E-state index contributed by atoms with van der Waals surface area (Å²) < 4.78 is 35.5. The summed E-state index contributed by atoms with van der Waals surface area (Å²) in [6, 6.07) is 0. The van der Waals surface area contributed by atoms with Crippen LogP contribution in [0, 0.1) is 0 Å². The van der Waals surface area contributed by atoms with Gasteiger partial charge in [-0.2, -0.15) is 0 Å². The number of rotatable bonds is 1. The van der Waals surface area contributed by atoms with Crippen LogP contribution in [0.5, 0.6) is 0 Å². The summed E-state index contributed by atoms with van der Waals surface area (Å²) in [5, 5.41) is 0. The molecule has 0 unspecified atom stereocenters. The van der Waals surface area contributed by atoms with Crippen LogP contribution in [0.25, 0.3) is 0 Å². The van der Waals surface area contributed by atoms with Crippen molar-refractivity contribution in [1.29, 1.82) is 0 Å². The number of hydrogen-bond donors (Lipinski definition) is 0. The van der Waals surface area contributed by atoms with Crippen LogP contribution in [0.4, 0.5) is 12.9 Å². The fraction of sp³-hybridized carbons (Fsp3) is 0.714. The van der Waals surface area contributed by atoms with E-state index in [0.29, 0.717) is 24.4 Å². The van der Waals surface area contributed by atoms with E-state index in [9.17, 15) is 12.9 Å². The minimum absolute atomic E-state index is 0. The molecule has 1 fully saturated rings. The second kappa shape index (κ2) is 5.86. The maximum Gasteiger partial charge on any atom is 1.00 e. The Hall–Kier alpha value is 1.23. The van der Waals surface area contributed by atoms with Gasteiger partial charge in [0.2, 0.25) is 0 Å². The van der Waals surface area contributed by atoms with Crippen molar-refractivity contribution in [3.8, 4) is 0 Å². The van der Waals surface area contributed by atoms with Crippen molar-refractivity contribution in [1.82, 2.24) is 0 Å². The predicted molar refractivity (Wildman–Crippen MR) is 40.2 cm³/mol. The van der Waals surface area contributed by atoms with E-state index >= 15 is 0 Å². The molecule has 0 spiro atoms. The smallest absolute Gasteiger partial charge is 0.445 e. The molecule has 1 aliphatic carbocycles. The van der Waals surface area contributed by atoms with Crippen LogP contribution in [0.15, 0.2) is 11.5 Å². The first kappa shape index (κ1) is 13.2. The molecule has 1 saturated carbocycles. The number of allylic oxidation sites excluding steroid dienone is 1. The molecule has 0 nitrogen and oxygen atoms in total. The molecule has 0 saturated heterocycles. The van der Waals surface area contributed by atoms with Gasteiger partial charge >= 0.3 is 58.4 Å². The summed E-state index contributed by atoms with van der Waals surface area (Å²) in [6.45, 7) is -4.69. The quantitative estimate of drug-likeness (QED) is 0.535. The number of halogens is 3. The van der Waals surface area contributed by atoms with Crippen LogP contribution in [0.3, 0.4) is 0 Å². The largest absolute Gasteiger partial charge is 1.00 e. The molecular weight excluding hydrogens is 191 g/mol. The van der Waals surface area contributed by atoms with Gasteiger partial charge in [-0.15, -0.1) is 11.5 Å². The monoisotopic (exact) mass is 202 g/mol. The van der Waals surface area contributed by atoms with Gasteiger partial charge in [0.15, 0.2) is 0 Å². The van der Waals surface area contributed by atoms with Crippen molar-refractivity contribution < 1.29 is 64.3 Å². The van der Waals surface area contributed by atoms with E-state index in [4.69, 9.17) is 0 Å². The molecule has 0 aliphatic heterocycles. The molecule has 5 heteroatoms. The second-order valence-corrected chi connectivity index (χ2v) is 3.01. The fourth-order valence-electron chi connectivity index (χ4n) is 1.44. The third-order valence-electron chi connectivity index (χ3n) is 1.92. The standard InChI is InChI=1S/C7H11BF3.K/c9-8(10,11)6-7-4-2-1-3-5-7;/h6H,1-5H2;/q-1;+1. The molecular formula is C7H11BF3K. The van der Waals surface area contributed by atoms with Gasteiger partial charge in [0.05, 0.1) is 0 Å². The van der Waals surface area contributed by atoms with E-state index in [2.05, 4.69) is 0 Å². The minimum atomic E-state index is -4.69. The van der Waals surface area contributed by atoms with E-state index < -0.39 is 6.98 Å². The molecule has 0 aromatic rings. The molecule has 0 radical (unpaired) electrons. The maximum atomic E-state index is 11.8. The Morgan fingerprint density at radius 1 is 1.00 bits per heavy atom. The molecule has 0 aromatic carbocycles. The number of hydrogen-bond acceptors (Lipinski definition) is 0. The third kappa shape index (κ3) is 5.81. The fourth-order valence-corrected chi connectivity index (χ4v) is 1.44. The summed E-state index contributed by atoms with van der Waals surface area (Å²) >= 11 is 0.